The highest BCUT2D eigenvalue weighted by molar-refractivity contribution is 5.78. The molecule has 0 aliphatic carbocycles. The van der Waals surface area contributed by atoms with Crippen LogP contribution in [0.1, 0.15) is 25.2 Å². The number of carbonyl (C=O) groups excluding carboxylic acids is 1. The van der Waals surface area contributed by atoms with Crippen molar-refractivity contribution in [3.05, 3.63) is 46.0 Å². The van der Waals surface area contributed by atoms with Crippen molar-refractivity contribution in [2.75, 3.05) is 13.6 Å². The number of aromatic nitrogens is 2. The summed E-state index contributed by atoms with van der Waals surface area (Å²) >= 11 is 0. The third-order valence-corrected chi connectivity index (χ3v) is 3.23. The van der Waals surface area contributed by atoms with Gasteiger partial charge < -0.3 is 5.32 Å². The second-order valence-electron chi connectivity index (χ2n) is 5.84. The SMILES string of the molecule is Cc1cccc2nc(CN(C)CC(=O)NC(C)C)cc(=O)n12. The Balaban J connectivity index is 2.15. The van der Waals surface area contributed by atoms with Crippen LogP contribution in [0.2, 0.25) is 0 Å². The van der Waals surface area contributed by atoms with Crippen molar-refractivity contribution in [2.24, 2.45) is 0 Å². The molecular weight excluding hydrogens is 280 g/mol. The maximum atomic E-state index is 12.2. The van der Waals surface area contributed by atoms with E-state index >= 15 is 0 Å². The summed E-state index contributed by atoms with van der Waals surface area (Å²) in [5.41, 5.74) is 2.04. The van der Waals surface area contributed by atoms with Crippen LogP contribution in [0.3, 0.4) is 0 Å². The van der Waals surface area contributed by atoms with Crippen LogP contribution in [0.5, 0.6) is 0 Å². The fourth-order valence-corrected chi connectivity index (χ4v) is 2.39. The van der Waals surface area contributed by atoms with E-state index in [1.807, 2.05) is 50.9 Å². The summed E-state index contributed by atoms with van der Waals surface area (Å²) in [6.07, 6.45) is 0. The summed E-state index contributed by atoms with van der Waals surface area (Å²) in [4.78, 5) is 30.3. The minimum Gasteiger partial charge on any atom is -0.353 e. The molecular formula is C16H22N4O2. The van der Waals surface area contributed by atoms with Gasteiger partial charge in [0, 0.05) is 24.3 Å². The fourth-order valence-electron chi connectivity index (χ4n) is 2.39. The predicted molar refractivity (Wildman–Crippen MR) is 85.8 cm³/mol. The van der Waals surface area contributed by atoms with E-state index in [9.17, 15) is 9.59 Å². The van der Waals surface area contributed by atoms with Crippen LogP contribution in [0.25, 0.3) is 5.65 Å². The van der Waals surface area contributed by atoms with Crippen molar-refractivity contribution in [3.63, 3.8) is 0 Å². The zero-order chi connectivity index (χ0) is 16.3. The van der Waals surface area contributed by atoms with E-state index in [-0.39, 0.29) is 24.1 Å². The molecule has 2 rings (SSSR count). The molecule has 118 valence electrons. The largest absolute Gasteiger partial charge is 0.353 e. The molecule has 22 heavy (non-hydrogen) atoms. The number of likely N-dealkylation sites (N-methyl/N-ethyl adjacent to an activating group) is 1. The molecule has 0 bridgehead atoms. The van der Waals surface area contributed by atoms with Gasteiger partial charge in [0.2, 0.25) is 5.91 Å². The molecule has 0 aliphatic rings. The average Bonchev–Trinajstić information content (AvgIpc) is 2.36. The Kier molecular flexibility index (Phi) is 4.92. The number of nitrogens with one attached hydrogen (secondary N) is 1. The molecule has 1 N–H and O–H groups in total. The zero-order valence-corrected chi connectivity index (χ0v) is 13.5. The molecule has 0 saturated heterocycles. The summed E-state index contributed by atoms with van der Waals surface area (Å²) in [6, 6.07) is 7.20. The van der Waals surface area contributed by atoms with Gasteiger partial charge in [-0.15, -0.1) is 0 Å². The van der Waals surface area contributed by atoms with E-state index in [2.05, 4.69) is 10.3 Å². The average molecular weight is 302 g/mol. The Bertz CT molecular complexity index is 736. The summed E-state index contributed by atoms with van der Waals surface area (Å²) in [5.74, 6) is -0.0362. The number of hydrogen-bond acceptors (Lipinski definition) is 4. The third-order valence-electron chi connectivity index (χ3n) is 3.23. The first-order chi connectivity index (χ1) is 10.4. The van der Waals surface area contributed by atoms with Crippen LogP contribution in [0.4, 0.5) is 0 Å². The number of carbonyl (C=O) groups is 1. The van der Waals surface area contributed by atoms with Gasteiger partial charge in [-0.25, -0.2) is 4.98 Å². The molecule has 0 radical (unpaired) electrons. The monoisotopic (exact) mass is 302 g/mol. The quantitative estimate of drug-likeness (QED) is 0.893. The molecule has 2 aromatic rings. The molecule has 1 amide bonds. The lowest BCUT2D eigenvalue weighted by molar-refractivity contribution is -0.122. The Morgan fingerprint density at radius 1 is 1.41 bits per heavy atom. The fraction of sp³-hybridized carbons (Fsp3) is 0.438. The van der Waals surface area contributed by atoms with E-state index < -0.39 is 0 Å². The zero-order valence-electron chi connectivity index (χ0n) is 13.5. The van der Waals surface area contributed by atoms with E-state index in [4.69, 9.17) is 0 Å². The number of pyridine rings is 1. The van der Waals surface area contributed by atoms with Crippen molar-refractivity contribution in [1.29, 1.82) is 0 Å². The smallest absolute Gasteiger partial charge is 0.258 e. The van der Waals surface area contributed by atoms with E-state index in [1.165, 1.54) is 6.07 Å². The Morgan fingerprint density at radius 3 is 2.82 bits per heavy atom. The lowest BCUT2D eigenvalue weighted by Crippen LogP contribution is -2.38. The van der Waals surface area contributed by atoms with Crippen LogP contribution in [-0.4, -0.2) is 39.8 Å². The molecule has 0 aliphatic heterocycles. The number of rotatable bonds is 5. The molecule has 0 saturated carbocycles. The first kappa shape index (κ1) is 16.2. The maximum Gasteiger partial charge on any atom is 0.258 e. The Hall–Kier alpha value is -2.21. The molecule has 0 unspecified atom stereocenters. The maximum absolute atomic E-state index is 12.2. The van der Waals surface area contributed by atoms with Crippen molar-refractivity contribution in [3.8, 4) is 0 Å². The number of hydrogen-bond donors (Lipinski definition) is 1. The first-order valence-electron chi connectivity index (χ1n) is 7.33. The van der Waals surface area contributed by atoms with Gasteiger partial charge >= 0.3 is 0 Å². The summed E-state index contributed by atoms with van der Waals surface area (Å²) in [7, 11) is 1.83. The van der Waals surface area contributed by atoms with Crippen molar-refractivity contribution >= 4 is 11.6 Å². The second kappa shape index (κ2) is 6.70. The van der Waals surface area contributed by atoms with Crippen LogP contribution in [-0.2, 0) is 11.3 Å². The van der Waals surface area contributed by atoms with Gasteiger partial charge in [0.1, 0.15) is 5.65 Å². The van der Waals surface area contributed by atoms with Gasteiger partial charge in [0.15, 0.2) is 0 Å². The highest BCUT2D eigenvalue weighted by Gasteiger charge is 2.10. The van der Waals surface area contributed by atoms with Gasteiger partial charge in [-0.3, -0.25) is 18.9 Å². The topological polar surface area (TPSA) is 66.7 Å². The second-order valence-corrected chi connectivity index (χ2v) is 5.84. The van der Waals surface area contributed by atoms with Crippen molar-refractivity contribution in [1.82, 2.24) is 19.6 Å². The standard InChI is InChI=1S/C16H22N4O2/c1-11(2)17-15(21)10-19(4)9-13-8-16(22)20-12(3)6-5-7-14(20)18-13/h5-8,11H,9-10H2,1-4H3,(H,17,21). The molecule has 2 heterocycles. The third kappa shape index (κ3) is 3.92. The molecule has 0 aromatic carbocycles. The number of fused-ring (bicyclic) bond motifs is 1. The molecule has 6 nitrogen and oxygen atoms in total. The van der Waals surface area contributed by atoms with E-state index in [0.29, 0.717) is 17.9 Å². The number of aryl methyl sites for hydroxylation is 1. The lowest BCUT2D eigenvalue weighted by Gasteiger charge is -2.17. The van der Waals surface area contributed by atoms with Gasteiger partial charge in [-0.05, 0) is 40.0 Å². The van der Waals surface area contributed by atoms with Crippen LogP contribution >= 0.6 is 0 Å². The van der Waals surface area contributed by atoms with Gasteiger partial charge in [0.25, 0.3) is 5.56 Å². The minimum atomic E-state index is -0.0990. The van der Waals surface area contributed by atoms with Crippen LogP contribution in [0.15, 0.2) is 29.1 Å². The predicted octanol–water partition coefficient (Wildman–Crippen LogP) is 0.959. The summed E-state index contributed by atoms with van der Waals surface area (Å²) < 4.78 is 1.58. The first-order valence-corrected chi connectivity index (χ1v) is 7.33. The molecule has 6 heteroatoms. The Labute approximate surface area is 129 Å². The van der Waals surface area contributed by atoms with Crippen LogP contribution in [0, 0.1) is 6.92 Å². The molecule has 0 fully saturated rings. The number of amides is 1. The van der Waals surface area contributed by atoms with Crippen molar-refractivity contribution in [2.45, 2.75) is 33.4 Å². The highest BCUT2D eigenvalue weighted by atomic mass is 16.2. The van der Waals surface area contributed by atoms with Gasteiger partial charge in [0.05, 0.1) is 12.2 Å². The van der Waals surface area contributed by atoms with Gasteiger partial charge in [-0.1, -0.05) is 6.07 Å². The molecule has 0 atom stereocenters. The lowest BCUT2D eigenvalue weighted by atomic mass is 10.3. The van der Waals surface area contributed by atoms with E-state index in [1.54, 1.807) is 4.40 Å². The summed E-state index contributed by atoms with van der Waals surface area (Å²) in [6.45, 7) is 6.44. The van der Waals surface area contributed by atoms with Crippen molar-refractivity contribution < 1.29 is 4.79 Å². The minimum absolute atomic E-state index is 0.0362. The Morgan fingerprint density at radius 2 is 2.14 bits per heavy atom. The normalized spacial score (nSPS) is 11.4. The molecule has 2 aromatic heterocycles. The van der Waals surface area contributed by atoms with Crippen LogP contribution < -0.4 is 10.9 Å². The van der Waals surface area contributed by atoms with E-state index in [0.717, 1.165) is 5.69 Å². The highest BCUT2D eigenvalue weighted by Crippen LogP contribution is 2.04. The summed E-state index contributed by atoms with van der Waals surface area (Å²) in [5, 5.41) is 2.84. The van der Waals surface area contributed by atoms with Gasteiger partial charge in [-0.2, -0.15) is 0 Å². The molecule has 0 spiro atoms. The number of nitrogens with zero attached hydrogens (tertiary/aromatic N) is 3.